The summed E-state index contributed by atoms with van der Waals surface area (Å²) in [6.45, 7) is 3.55. The fraction of sp³-hybridized carbons (Fsp3) is 0.211. The lowest BCUT2D eigenvalue weighted by molar-refractivity contribution is 0.0477. The van der Waals surface area contributed by atoms with E-state index in [1.54, 1.807) is 13.1 Å². The van der Waals surface area contributed by atoms with Crippen molar-refractivity contribution in [3.05, 3.63) is 58.4 Å². The van der Waals surface area contributed by atoms with Gasteiger partial charge in [-0.05, 0) is 31.5 Å². The van der Waals surface area contributed by atoms with Gasteiger partial charge in [0.25, 0.3) is 0 Å². The quantitative estimate of drug-likeness (QED) is 0.381. The SMILES string of the molecule is Cc1ccccc1-n1nc(C)c2cc(C(=O)OCC(=O)c3cnnn3C)sc21. The summed E-state index contributed by atoms with van der Waals surface area (Å²) >= 11 is 1.29. The van der Waals surface area contributed by atoms with E-state index in [0.717, 1.165) is 27.2 Å². The Bertz CT molecular complexity index is 1200. The molecule has 4 rings (SSSR count). The molecule has 0 aliphatic carbocycles. The normalized spacial score (nSPS) is 11.1. The van der Waals surface area contributed by atoms with Gasteiger partial charge >= 0.3 is 5.97 Å². The average Bonchev–Trinajstić information content (AvgIpc) is 3.37. The maximum Gasteiger partial charge on any atom is 0.348 e. The summed E-state index contributed by atoms with van der Waals surface area (Å²) in [4.78, 5) is 25.9. The van der Waals surface area contributed by atoms with Gasteiger partial charge in [-0.2, -0.15) is 5.10 Å². The molecule has 0 fully saturated rings. The minimum absolute atomic E-state index is 0.287. The molecule has 0 aliphatic heterocycles. The number of esters is 1. The van der Waals surface area contributed by atoms with Gasteiger partial charge in [0.05, 0.1) is 17.6 Å². The molecule has 0 unspecified atom stereocenters. The lowest BCUT2D eigenvalue weighted by atomic mass is 10.2. The van der Waals surface area contributed by atoms with Gasteiger partial charge in [0.1, 0.15) is 15.4 Å². The number of ketones is 1. The fourth-order valence-electron chi connectivity index (χ4n) is 2.93. The number of fused-ring (bicyclic) bond motifs is 1. The standard InChI is InChI=1S/C19H17N5O3S/c1-11-6-4-5-7-14(11)24-18-13(12(2)21-24)8-17(28-18)19(26)27-10-16(25)15-9-20-22-23(15)3/h4-9H,10H2,1-3H3. The average molecular weight is 395 g/mol. The molecule has 8 nitrogen and oxygen atoms in total. The van der Waals surface area contributed by atoms with E-state index in [-0.39, 0.29) is 18.1 Å². The number of para-hydroxylation sites is 1. The monoisotopic (exact) mass is 395 g/mol. The van der Waals surface area contributed by atoms with E-state index in [4.69, 9.17) is 4.74 Å². The second-order valence-electron chi connectivity index (χ2n) is 6.36. The summed E-state index contributed by atoms with van der Waals surface area (Å²) < 4.78 is 8.38. The van der Waals surface area contributed by atoms with Gasteiger partial charge in [-0.1, -0.05) is 23.4 Å². The summed E-state index contributed by atoms with van der Waals surface area (Å²) in [6, 6.07) is 9.68. The van der Waals surface area contributed by atoms with Crippen molar-refractivity contribution in [3.8, 4) is 5.69 Å². The first kappa shape index (κ1) is 18.1. The van der Waals surface area contributed by atoms with Crippen LogP contribution < -0.4 is 0 Å². The second kappa shape index (κ2) is 7.01. The molecular weight excluding hydrogens is 378 g/mol. The van der Waals surface area contributed by atoms with Crippen LogP contribution in [0.2, 0.25) is 0 Å². The molecule has 1 aromatic carbocycles. The topological polar surface area (TPSA) is 91.9 Å². The van der Waals surface area contributed by atoms with E-state index in [1.807, 2.05) is 42.8 Å². The number of ether oxygens (including phenoxy) is 1. The number of rotatable bonds is 5. The Morgan fingerprint density at radius 1 is 1.21 bits per heavy atom. The van der Waals surface area contributed by atoms with Crippen LogP contribution in [0.25, 0.3) is 15.9 Å². The number of carbonyl (C=O) groups is 2. The van der Waals surface area contributed by atoms with Crippen LogP contribution >= 0.6 is 11.3 Å². The fourth-order valence-corrected chi connectivity index (χ4v) is 4.00. The van der Waals surface area contributed by atoms with Gasteiger partial charge in [-0.25, -0.2) is 14.2 Å². The van der Waals surface area contributed by atoms with Crippen molar-refractivity contribution >= 4 is 33.3 Å². The minimum Gasteiger partial charge on any atom is -0.453 e. The van der Waals surface area contributed by atoms with Crippen LogP contribution in [0, 0.1) is 13.8 Å². The van der Waals surface area contributed by atoms with E-state index < -0.39 is 5.97 Å². The highest BCUT2D eigenvalue weighted by molar-refractivity contribution is 7.20. The van der Waals surface area contributed by atoms with Crippen molar-refractivity contribution in [2.24, 2.45) is 7.05 Å². The predicted molar refractivity (Wildman–Crippen MR) is 104 cm³/mol. The molecule has 3 heterocycles. The number of hydrogen-bond donors (Lipinski definition) is 0. The van der Waals surface area contributed by atoms with Crippen molar-refractivity contribution in [2.45, 2.75) is 13.8 Å². The number of aryl methyl sites for hydroxylation is 3. The van der Waals surface area contributed by atoms with Crippen molar-refractivity contribution in [2.75, 3.05) is 6.61 Å². The minimum atomic E-state index is -0.541. The Balaban J connectivity index is 1.59. The van der Waals surface area contributed by atoms with Gasteiger partial charge in [0.2, 0.25) is 5.78 Å². The van der Waals surface area contributed by atoms with Gasteiger partial charge in [0.15, 0.2) is 6.61 Å². The summed E-state index contributed by atoms with van der Waals surface area (Å²) in [6.07, 6.45) is 1.34. The molecule has 0 saturated carbocycles. The number of benzene rings is 1. The molecule has 0 saturated heterocycles. The molecule has 3 aromatic heterocycles. The summed E-state index contributed by atoms with van der Waals surface area (Å²) in [5, 5.41) is 12.8. The number of thiophene rings is 1. The van der Waals surface area contributed by atoms with Gasteiger partial charge in [-0.15, -0.1) is 16.4 Å². The third-order valence-corrected chi connectivity index (χ3v) is 5.51. The molecule has 0 aliphatic rings. The van der Waals surface area contributed by atoms with E-state index in [0.29, 0.717) is 4.88 Å². The zero-order valence-electron chi connectivity index (χ0n) is 15.5. The van der Waals surface area contributed by atoms with Crippen LogP contribution in [0.5, 0.6) is 0 Å². The summed E-state index contributed by atoms with van der Waals surface area (Å²) in [5.74, 6) is -0.898. The summed E-state index contributed by atoms with van der Waals surface area (Å²) in [5.41, 5.74) is 3.15. The highest BCUT2D eigenvalue weighted by Crippen LogP contribution is 2.31. The molecule has 0 bridgehead atoms. The molecule has 9 heteroatoms. The van der Waals surface area contributed by atoms with Gasteiger partial charge in [-0.3, -0.25) is 4.79 Å². The zero-order valence-corrected chi connectivity index (χ0v) is 16.4. The second-order valence-corrected chi connectivity index (χ2v) is 7.39. The molecule has 28 heavy (non-hydrogen) atoms. The number of nitrogens with zero attached hydrogens (tertiary/aromatic N) is 5. The van der Waals surface area contributed by atoms with E-state index >= 15 is 0 Å². The highest BCUT2D eigenvalue weighted by atomic mass is 32.1. The molecule has 0 atom stereocenters. The van der Waals surface area contributed by atoms with Crippen molar-refractivity contribution in [1.29, 1.82) is 0 Å². The van der Waals surface area contributed by atoms with E-state index in [9.17, 15) is 9.59 Å². The van der Waals surface area contributed by atoms with Crippen LogP contribution in [-0.2, 0) is 11.8 Å². The largest absolute Gasteiger partial charge is 0.453 e. The van der Waals surface area contributed by atoms with Crippen LogP contribution in [0.3, 0.4) is 0 Å². The van der Waals surface area contributed by atoms with Crippen molar-refractivity contribution < 1.29 is 14.3 Å². The zero-order chi connectivity index (χ0) is 19.8. The first-order valence-corrected chi connectivity index (χ1v) is 9.37. The van der Waals surface area contributed by atoms with Gasteiger partial charge < -0.3 is 4.74 Å². The maximum absolute atomic E-state index is 12.5. The Hall–Kier alpha value is -3.33. The van der Waals surface area contributed by atoms with Crippen LogP contribution in [0.1, 0.15) is 31.4 Å². The molecule has 0 spiro atoms. The van der Waals surface area contributed by atoms with Crippen LogP contribution in [-0.4, -0.2) is 43.1 Å². The van der Waals surface area contributed by atoms with E-state index in [1.165, 1.54) is 22.2 Å². The van der Waals surface area contributed by atoms with E-state index in [2.05, 4.69) is 15.4 Å². The van der Waals surface area contributed by atoms with Crippen LogP contribution in [0.15, 0.2) is 36.5 Å². The number of aromatic nitrogens is 5. The van der Waals surface area contributed by atoms with Crippen LogP contribution in [0.4, 0.5) is 0 Å². The Labute approximate surface area is 164 Å². The molecule has 4 aromatic rings. The number of hydrogen-bond acceptors (Lipinski definition) is 7. The number of Topliss-reactive ketones (excluding diaryl/α,β-unsaturated/α-hetero) is 1. The molecule has 0 N–H and O–H groups in total. The first-order chi connectivity index (χ1) is 13.5. The highest BCUT2D eigenvalue weighted by Gasteiger charge is 2.20. The van der Waals surface area contributed by atoms with Crippen molar-refractivity contribution in [3.63, 3.8) is 0 Å². The van der Waals surface area contributed by atoms with Gasteiger partial charge in [0, 0.05) is 12.4 Å². The summed E-state index contributed by atoms with van der Waals surface area (Å²) in [7, 11) is 1.61. The Morgan fingerprint density at radius 2 is 2.00 bits per heavy atom. The predicted octanol–water partition coefficient (Wildman–Crippen LogP) is 2.87. The Morgan fingerprint density at radius 3 is 2.71 bits per heavy atom. The maximum atomic E-state index is 12.5. The van der Waals surface area contributed by atoms with Crippen molar-refractivity contribution in [1.82, 2.24) is 24.8 Å². The smallest absolute Gasteiger partial charge is 0.348 e. The Kier molecular flexibility index (Phi) is 4.52. The first-order valence-electron chi connectivity index (χ1n) is 8.56. The molecular formula is C19H17N5O3S. The lowest BCUT2D eigenvalue weighted by Gasteiger charge is -2.05. The molecule has 0 radical (unpaired) electrons. The lowest BCUT2D eigenvalue weighted by Crippen LogP contribution is -2.16. The molecule has 0 amide bonds. The number of carbonyl (C=O) groups excluding carboxylic acids is 2. The third kappa shape index (κ3) is 3.09. The third-order valence-electron chi connectivity index (χ3n) is 4.42. The molecule has 142 valence electrons.